The Hall–Kier alpha value is -3.71. The van der Waals surface area contributed by atoms with Gasteiger partial charge in [0, 0.05) is 5.69 Å². The summed E-state index contributed by atoms with van der Waals surface area (Å²) in [4.78, 5) is 40.6. The molecule has 6 nitrogen and oxygen atoms in total. The maximum absolute atomic E-state index is 13.4. The molecule has 1 N–H and O–H groups in total. The average Bonchev–Trinajstić information content (AvgIpc) is 3.45. The highest BCUT2D eigenvalue weighted by atomic mass is 32.1. The number of carbonyl (C=O) groups excluding carboxylic acids is 3. The zero-order valence-electron chi connectivity index (χ0n) is 19.4. The predicted octanol–water partition coefficient (Wildman–Crippen LogP) is 5.62. The second kappa shape index (κ2) is 8.91. The number of nitrogens with zero attached hydrogens (tertiary/aromatic N) is 1. The fourth-order valence-corrected chi connectivity index (χ4v) is 4.70. The van der Waals surface area contributed by atoms with Crippen LogP contribution in [0, 0.1) is 0 Å². The number of hydrogen-bond acceptors (Lipinski definition) is 6. The lowest BCUT2D eigenvalue weighted by Gasteiger charge is -2.28. The van der Waals surface area contributed by atoms with Gasteiger partial charge in [-0.2, -0.15) is 0 Å². The lowest BCUT2D eigenvalue weighted by molar-refractivity contribution is -0.117. The lowest BCUT2D eigenvalue weighted by atomic mass is 9.85. The number of thiophene rings is 1. The highest BCUT2D eigenvalue weighted by Crippen LogP contribution is 2.43. The Balaban J connectivity index is 1.87. The molecule has 0 spiro atoms. The summed E-state index contributed by atoms with van der Waals surface area (Å²) in [7, 11) is 1.28. The van der Waals surface area contributed by atoms with E-state index in [0.717, 1.165) is 5.56 Å². The second-order valence-corrected chi connectivity index (χ2v) is 10.0. The van der Waals surface area contributed by atoms with Crippen LogP contribution in [0.5, 0.6) is 0 Å². The van der Waals surface area contributed by atoms with Crippen molar-refractivity contribution in [3.63, 3.8) is 0 Å². The van der Waals surface area contributed by atoms with Crippen molar-refractivity contribution in [2.45, 2.75) is 32.2 Å². The SMILES string of the molecule is COC(=O)c1cccc(N2C(=O)C(O)=C(C(=O)c3cccs3)C2c2ccc(C(C)(C)C)cc2)c1. The van der Waals surface area contributed by atoms with Crippen LogP contribution in [0.1, 0.15) is 58.0 Å². The first-order valence-electron chi connectivity index (χ1n) is 10.8. The highest BCUT2D eigenvalue weighted by molar-refractivity contribution is 7.12. The summed E-state index contributed by atoms with van der Waals surface area (Å²) in [5, 5.41) is 12.6. The first-order valence-corrected chi connectivity index (χ1v) is 11.6. The number of Topliss-reactive ketones (excluding diaryl/α,β-unsaturated/α-hetero) is 1. The number of aliphatic hydroxyl groups excluding tert-OH is 1. The first-order chi connectivity index (χ1) is 16.1. The molecule has 1 unspecified atom stereocenters. The van der Waals surface area contributed by atoms with E-state index in [-0.39, 0.29) is 16.6 Å². The van der Waals surface area contributed by atoms with Crippen LogP contribution in [-0.2, 0) is 14.9 Å². The van der Waals surface area contributed by atoms with Crippen molar-refractivity contribution in [2.24, 2.45) is 0 Å². The molecule has 7 heteroatoms. The molecule has 0 fully saturated rings. The molecule has 2 heterocycles. The molecule has 1 amide bonds. The average molecular weight is 476 g/mol. The van der Waals surface area contributed by atoms with Gasteiger partial charge in [0.1, 0.15) is 0 Å². The van der Waals surface area contributed by atoms with Gasteiger partial charge in [-0.05, 0) is 46.2 Å². The van der Waals surface area contributed by atoms with Crippen LogP contribution in [-0.4, -0.2) is 29.9 Å². The van der Waals surface area contributed by atoms with Gasteiger partial charge in [0.25, 0.3) is 5.91 Å². The third-order valence-corrected chi connectivity index (χ3v) is 6.70. The smallest absolute Gasteiger partial charge is 0.337 e. The van der Waals surface area contributed by atoms with E-state index < -0.39 is 29.5 Å². The van der Waals surface area contributed by atoms with Gasteiger partial charge in [-0.25, -0.2) is 4.79 Å². The maximum atomic E-state index is 13.4. The monoisotopic (exact) mass is 475 g/mol. The van der Waals surface area contributed by atoms with Crippen LogP contribution in [0.4, 0.5) is 5.69 Å². The number of methoxy groups -OCH3 is 1. The molecule has 1 atom stereocenters. The zero-order valence-corrected chi connectivity index (χ0v) is 20.2. The Kier molecular flexibility index (Phi) is 6.15. The Morgan fingerprint density at radius 3 is 2.32 bits per heavy atom. The summed E-state index contributed by atoms with van der Waals surface area (Å²) in [6.45, 7) is 6.30. The first kappa shape index (κ1) is 23.4. The Morgan fingerprint density at radius 1 is 1.03 bits per heavy atom. The number of carbonyl (C=O) groups is 3. The quantitative estimate of drug-likeness (QED) is 0.383. The van der Waals surface area contributed by atoms with E-state index in [1.807, 2.05) is 24.3 Å². The van der Waals surface area contributed by atoms with Crippen LogP contribution in [0.3, 0.4) is 0 Å². The molecule has 34 heavy (non-hydrogen) atoms. The van der Waals surface area contributed by atoms with Crippen LogP contribution < -0.4 is 4.90 Å². The van der Waals surface area contributed by atoms with Gasteiger partial charge in [0.05, 0.1) is 29.2 Å². The minimum Gasteiger partial charge on any atom is -0.503 e. The van der Waals surface area contributed by atoms with Gasteiger partial charge in [-0.1, -0.05) is 57.2 Å². The van der Waals surface area contributed by atoms with Crippen LogP contribution >= 0.6 is 11.3 Å². The van der Waals surface area contributed by atoms with Crippen LogP contribution in [0.15, 0.2) is 77.4 Å². The molecule has 0 bridgehead atoms. The molecule has 4 rings (SSSR count). The molecule has 2 aromatic carbocycles. The highest BCUT2D eigenvalue weighted by Gasteiger charge is 2.45. The number of ketones is 1. The van der Waals surface area contributed by atoms with Gasteiger partial charge < -0.3 is 9.84 Å². The summed E-state index contributed by atoms with van der Waals surface area (Å²) in [6, 6.07) is 16.6. The third kappa shape index (κ3) is 4.15. The van der Waals surface area contributed by atoms with Crippen LogP contribution in [0.2, 0.25) is 0 Å². The lowest BCUT2D eigenvalue weighted by Crippen LogP contribution is -2.31. The van der Waals surface area contributed by atoms with E-state index in [9.17, 15) is 19.5 Å². The fraction of sp³-hybridized carbons (Fsp3) is 0.222. The van der Waals surface area contributed by atoms with E-state index in [4.69, 9.17) is 4.74 Å². The minimum absolute atomic E-state index is 0.0134. The van der Waals surface area contributed by atoms with E-state index in [0.29, 0.717) is 16.1 Å². The number of esters is 1. The van der Waals surface area contributed by atoms with Gasteiger partial charge in [-0.3, -0.25) is 14.5 Å². The Labute approximate surface area is 202 Å². The number of rotatable bonds is 5. The van der Waals surface area contributed by atoms with E-state index in [1.54, 1.807) is 35.7 Å². The van der Waals surface area contributed by atoms with Crippen molar-refractivity contribution < 1.29 is 24.2 Å². The fourth-order valence-electron chi connectivity index (χ4n) is 4.03. The maximum Gasteiger partial charge on any atom is 0.337 e. The summed E-state index contributed by atoms with van der Waals surface area (Å²) in [6.07, 6.45) is 0. The van der Waals surface area contributed by atoms with Crippen LogP contribution in [0.25, 0.3) is 0 Å². The molecule has 0 radical (unpaired) electrons. The molecular formula is C27H25NO5S. The van der Waals surface area contributed by atoms with Gasteiger partial charge in [0.2, 0.25) is 5.78 Å². The molecule has 1 aliphatic rings. The normalized spacial score (nSPS) is 16.2. The Bertz CT molecular complexity index is 1280. The summed E-state index contributed by atoms with van der Waals surface area (Å²) < 4.78 is 4.81. The second-order valence-electron chi connectivity index (χ2n) is 9.06. The summed E-state index contributed by atoms with van der Waals surface area (Å²) >= 11 is 1.24. The molecule has 3 aromatic rings. The third-order valence-electron chi connectivity index (χ3n) is 5.84. The van der Waals surface area contributed by atoms with Gasteiger partial charge in [-0.15, -0.1) is 11.3 Å². The molecule has 1 aromatic heterocycles. The van der Waals surface area contributed by atoms with Crippen molar-refractivity contribution in [2.75, 3.05) is 12.0 Å². The van der Waals surface area contributed by atoms with Gasteiger partial charge >= 0.3 is 5.97 Å². The Morgan fingerprint density at radius 2 is 1.74 bits per heavy atom. The largest absolute Gasteiger partial charge is 0.503 e. The van der Waals surface area contributed by atoms with Crippen molar-refractivity contribution in [1.82, 2.24) is 0 Å². The number of aliphatic hydroxyl groups is 1. The van der Waals surface area contributed by atoms with E-state index in [1.165, 1.54) is 29.4 Å². The summed E-state index contributed by atoms with van der Waals surface area (Å²) in [5.74, 6) is -2.25. The minimum atomic E-state index is -0.857. The number of anilines is 1. The number of hydrogen-bond donors (Lipinski definition) is 1. The van der Waals surface area contributed by atoms with Gasteiger partial charge in [0.15, 0.2) is 5.76 Å². The predicted molar refractivity (Wildman–Crippen MR) is 131 cm³/mol. The topological polar surface area (TPSA) is 83.9 Å². The summed E-state index contributed by atoms with van der Waals surface area (Å²) in [5.41, 5.74) is 2.34. The molecule has 0 saturated carbocycles. The number of amides is 1. The zero-order chi connectivity index (χ0) is 24.6. The molecule has 0 saturated heterocycles. The van der Waals surface area contributed by atoms with Crippen molar-refractivity contribution in [3.8, 4) is 0 Å². The molecule has 0 aliphatic carbocycles. The number of benzene rings is 2. The molecule has 174 valence electrons. The van der Waals surface area contributed by atoms with E-state index in [2.05, 4.69) is 20.8 Å². The van der Waals surface area contributed by atoms with E-state index >= 15 is 0 Å². The molecule has 1 aliphatic heterocycles. The van der Waals surface area contributed by atoms with Crippen molar-refractivity contribution in [1.29, 1.82) is 0 Å². The van der Waals surface area contributed by atoms with Crippen molar-refractivity contribution in [3.05, 3.63) is 98.9 Å². The van der Waals surface area contributed by atoms with Crippen molar-refractivity contribution >= 4 is 34.7 Å². The standard InChI is InChI=1S/C27H25NO5S/c1-27(2,3)18-12-10-16(11-13-18)22-21(23(29)20-9-6-14-34-20)24(30)25(31)28(22)19-8-5-7-17(15-19)26(32)33-4/h5-15,22,30H,1-4H3. The number of ether oxygens (including phenoxy) is 1. The molecular weight excluding hydrogens is 450 g/mol.